The molecule has 1 saturated heterocycles. The highest BCUT2D eigenvalue weighted by Crippen LogP contribution is 2.28. The highest BCUT2D eigenvalue weighted by molar-refractivity contribution is 7.89. The minimum Gasteiger partial charge on any atom is -0.464 e. The number of β-amino-alcohol motifs (C(OH)–C–C–N with tert-alkyl or cyclic N) is 1. The molecule has 1 aliphatic heterocycles. The summed E-state index contributed by atoms with van der Waals surface area (Å²) < 4.78 is 34.3. The number of fused-ring (bicyclic) bond motifs is 1. The van der Waals surface area contributed by atoms with Crippen molar-refractivity contribution in [2.24, 2.45) is 0 Å². The quantitative estimate of drug-likeness (QED) is 0.398. The molecule has 0 aliphatic carbocycles. The second kappa shape index (κ2) is 9.12. The van der Waals surface area contributed by atoms with Gasteiger partial charge < -0.3 is 14.8 Å². The van der Waals surface area contributed by atoms with Gasteiger partial charge in [0.1, 0.15) is 6.04 Å². The lowest BCUT2D eigenvalue weighted by molar-refractivity contribution is -0.147. The topological polar surface area (TPSA) is 122 Å². The van der Waals surface area contributed by atoms with Crippen molar-refractivity contribution in [1.82, 2.24) is 13.9 Å². The Morgan fingerprint density at radius 2 is 1.94 bits per heavy atom. The van der Waals surface area contributed by atoms with Crippen LogP contribution in [0.4, 0.5) is 0 Å². The number of benzene rings is 2. The minimum atomic E-state index is -3.98. The van der Waals surface area contributed by atoms with Crippen LogP contribution in [0.1, 0.15) is 24.0 Å². The van der Waals surface area contributed by atoms with Crippen molar-refractivity contribution in [3.8, 4) is 0 Å². The number of aryl methyl sites for hydroxylation is 3. The van der Waals surface area contributed by atoms with Crippen LogP contribution in [0.2, 0.25) is 0 Å². The van der Waals surface area contributed by atoms with Crippen LogP contribution < -0.4 is 5.69 Å². The summed E-state index contributed by atoms with van der Waals surface area (Å²) in [6.45, 7) is 3.90. The van der Waals surface area contributed by atoms with Gasteiger partial charge >= 0.3 is 11.7 Å². The number of ether oxygens (including phenoxy) is 1. The van der Waals surface area contributed by atoms with Gasteiger partial charge in [-0.1, -0.05) is 18.2 Å². The SMILES string of the molecule is Cc1ccc(S(=O)(=O)N2CC(O)CC2C(=O)OCCCn2c(=O)[nH]c3ccccc32)cc1C. The third kappa shape index (κ3) is 4.59. The number of aliphatic hydroxyl groups is 1. The maximum atomic E-state index is 13.2. The molecule has 2 N–H and O–H groups in total. The molecule has 1 aromatic heterocycles. The van der Waals surface area contributed by atoms with Crippen LogP contribution in [0.25, 0.3) is 11.0 Å². The summed E-state index contributed by atoms with van der Waals surface area (Å²) in [5, 5.41) is 10.1. The fourth-order valence-corrected chi connectivity index (χ4v) is 5.81. The number of hydrogen-bond acceptors (Lipinski definition) is 6. The first-order valence-corrected chi connectivity index (χ1v) is 12.2. The molecular formula is C23H27N3O6S. The van der Waals surface area contributed by atoms with Crippen LogP contribution in [0.3, 0.4) is 0 Å². The van der Waals surface area contributed by atoms with E-state index in [2.05, 4.69) is 4.98 Å². The number of carbonyl (C=O) groups excluding carboxylic acids is 1. The van der Waals surface area contributed by atoms with Crippen LogP contribution in [-0.4, -0.2) is 58.6 Å². The lowest BCUT2D eigenvalue weighted by atomic mass is 10.1. The molecule has 1 fully saturated rings. The van der Waals surface area contributed by atoms with E-state index < -0.39 is 28.1 Å². The standard InChI is InChI=1S/C23H27N3O6S/c1-15-8-9-18(12-16(15)2)33(30,31)26-14-17(27)13-21(26)22(28)32-11-5-10-25-20-7-4-3-6-19(20)24-23(25)29/h3-4,6-9,12,17,21,27H,5,10-11,13-14H2,1-2H3,(H,24,29). The Morgan fingerprint density at radius 1 is 1.18 bits per heavy atom. The fraction of sp³-hybridized carbons (Fsp3) is 0.391. The Labute approximate surface area is 191 Å². The number of rotatable bonds is 7. The third-order valence-corrected chi connectivity index (χ3v) is 7.91. The van der Waals surface area contributed by atoms with Gasteiger partial charge in [0.2, 0.25) is 10.0 Å². The Balaban J connectivity index is 1.42. The average molecular weight is 474 g/mol. The lowest BCUT2D eigenvalue weighted by Crippen LogP contribution is -2.41. The van der Waals surface area contributed by atoms with Gasteiger partial charge in [-0.05, 0) is 55.7 Å². The molecule has 4 rings (SSSR count). The number of esters is 1. The zero-order valence-corrected chi connectivity index (χ0v) is 19.3. The van der Waals surface area contributed by atoms with E-state index >= 15 is 0 Å². The monoisotopic (exact) mass is 473 g/mol. The molecule has 0 bridgehead atoms. The average Bonchev–Trinajstić information content (AvgIpc) is 3.33. The molecule has 0 amide bonds. The van der Waals surface area contributed by atoms with Gasteiger partial charge in [0.05, 0.1) is 28.6 Å². The van der Waals surface area contributed by atoms with Crippen LogP contribution in [0.15, 0.2) is 52.2 Å². The molecule has 0 radical (unpaired) electrons. The van der Waals surface area contributed by atoms with Crippen molar-refractivity contribution < 1.29 is 23.1 Å². The van der Waals surface area contributed by atoms with E-state index in [9.17, 15) is 23.1 Å². The van der Waals surface area contributed by atoms with Crippen molar-refractivity contribution >= 4 is 27.0 Å². The van der Waals surface area contributed by atoms with Crippen molar-refractivity contribution in [2.45, 2.75) is 50.3 Å². The van der Waals surface area contributed by atoms with Gasteiger partial charge in [0.15, 0.2) is 0 Å². The second-order valence-corrected chi connectivity index (χ2v) is 10.2. The number of carbonyl (C=O) groups is 1. The minimum absolute atomic E-state index is 0.0227. The number of aromatic nitrogens is 2. The molecule has 0 saturated carbocycles. The van der Waals surface area contributed by atoms with Gasteiger partial charge in [-0.3, -0.25) is 9.36 Å². The van der Waals surface area contributed by atoms with Crippen LogP contribution in [0.5, 0.6) is 0 Å². The van der Waals surface area contributed by atoms with Crippen molar-refractivity contribution in [1.29, 1.82) is 0 Å². The first kappa shape index (κ1) is 23.2. The second-order valence-electron chi connectivity index (χ2n) is 8.35. The number of nitrogens with one attached hydrogen (secondary N) is 1. The molecule has 2 atom stereocenters. The van der Waals surface area contributed by atoms with Crippen molar-refractivity contribution in [3.05, 3.63) is 64.1 Å². The van der Waals surface area contributed by atoms with E-state index in [1.807, 2.05) is 38.1 Å². The Hall–Kier alpha value is -2.95. The predicted molar refractivity (Wildman–Crippen MR) is 122 cm³/mol. The summed E-state index contributed by atoms with van der Waals surface area (Å²) in [5.41, 5.74) is 3.03. The molecule has 3 aromatic rings. The Kier molecular flexibility index (Phi) is 6.42. The van der Waals surface area contributed by atoms with E-state index in [4.69, 9.17) is 4.74 Å². The highest BCUT2D eigenvalue weighted by atomic mass is 32.2. The molecule has 9 nitrogen and oxygen atoms in total. The number of aromatic amines is 1. The van der Waals surface area contributed by atoms with Gasteiger partial charge in [-0.15, -0.1) is 0 Å². The largest absolute Gasteiger partial charge is 0.464 e. The number of nitrogens with zero attached hydrogens (tertiary/aromatic N) is 2. The molecule has 2 aromatic carbocycles. The zero-order valence-electron chi connectivity index (χ0n) is 18.5. The number of para-hydroxylation sites is 2. The molecule has 10 heteroatoms. The van der Waals surface area contributed by atoms with Gasteiger partial charge in [-0.25, -0.2) is 13.2 Å². The summed E-state index contributed by atoms with van der Waals surface area (Å²) in [7, 11) is -3.98. The molecule has 2 heterocycles. The Bertz CT molecular complexity index is 1340. The fourth-order valence-electron chi connectivity index (χ4n) is 4.09. The summed E-state index contributed by atoms with van der Waals surface area (Å²) >= 11 is 0. The molecule has 176 valence electrons. The summed E-state index contributed by atoms with van der Waals surface area (Å²) in [4.78, 5) is 27.7. The van der Waals surface area contributed by atoms with Crippen LogP contribution in [0, 0.1) is 13.8 Å². The number of sulfonamides is 1. The molecule has 0 spiro atoms. The number of hydrogen-bond donors (Lipinski definition) is 2. The highest BCUT2D eigenvalue weighted by Gasteiger charge is 2.44. The molecule has 2 unspecified atom stereocenters. The van der Waals surface area contributed by atoms with Crippen LogP contribution >= 0.6 is 0 Å². The predicted octanol–water partition coefficient (Wildman–Crippen LogP) is 1.70. The summed E-state index contributed by atoms with van der Waals surface area (Å²) in [5.74, 6) is -0.703. The van der Waals surface area contributed by atoms with E-state index in [-0.39, 0.29) is 30.2 Å². The maximum absolute atomic E-state index is 13.2. The first-order valence-electron chi connectivity index (χ1n) is 10.8. The maximum Gasteiger partial charge on any atom is 0.326 e. The first-order chi connectivity index (χ1) is 15.7. The number of imidazole rings is 1. The smallest absolute Gasteiger partial charge is 0.326 e. The normalized spacial score (nSPS) is 19.2. The Morgan fingerprint density at radius 3 is 2.70 bits per heavy atom. The van der Waals surface area contributed by atoms with Gasteiger partial charge in [-0.2, -0.15) is 4.31 Å². The number of aliphatic hydroxyl groups excluding tert-OH is 1. The van der Waals surface area contributed by atoms with E-state index in [1.54, 1.807) is 16.7 Å². The van der Waals surface area contributed by atoms with E-state index in [0.717, 1.165) is 26.5 Å². The number of H-pyrrole nitrogens is 1. The summed E-state index contributed by atoms with van der Waals surface area (Å²) in [6, 6.07) is 11.0. The molecular weight excluding hydrogens is 446 g/mol. The van der Waals surface area contributed by atoms with Crippen molar-refractivity contribution in [3.63, 3.8) is 0 Å². The zero-order chi connectivity index (χ0) is 23.8. The van der Waals surface area contributed by atoms with Gasteiger partial charge in [0.25, 0.3) is 0 Å². The lowest BCUT2D eigenvalue weighted by Gasteiger charge is -2.23. The third-order valence-electron chi connectivity index (χ3n) is 6.04. The molecule has 1 aliphatic rings. The van der Waals surface area contributed by atoms with Crippen molar-refractivity contribution in [2.75, 3.05) is 13.2 Å². The van der Waals surface area contributed by atoms with Gasteiger partial charge in [0, 0.05) is 19.5 Å². The van der Waals surface area contributed by atoms with E-state index in [0.29, 0.717) is 13.0 Å². The molecule has 33 heavy (non-hydrogen) atoms. The van der Waals surface area contributed by atoms with Crippen LogP contribution in [-0.2, 0) is 26.1 Å². The van der Waals surface area contributed by atoms with E-state index in [1.165, 1.54) is 6.07 Å². The summed E-state index contributed by atoms with van der Waals surface area (Å²) in [6.07, 6.45) is -0.592.